The van der Waals surface area contributed by atoms with Crippen molar-refractivity contribution in [1.82, 2.24) is 5.32 Å². The Morgan fingerprint density at radius 2 is 2.00 bits per heavy atom. The Kier molecular flexibility index (Phi) is 6.90. The van der Waals surface area contributed by atoms with Gasteiger partial charge in [-0.2, -0.15) is 0 Å². The molecule has 1 unspecified atom stereocenters. The van der Waals surface area contributed by atoms with Gasteiger partial charge in [0.05, 0.1) is 0 Å². The molecule has 1 atom stereocenters. The molecule has 0 aliphatic rings. The Morgan fingerprint density at radius 3 is 2.52 bits per heavy atom. The first kappa shape index (κ1) is 17.7. The standard InChI is InChI=1S/C18H29FN2/c1-7-9-20-15(6)16-12-17(19)14(5)11-18(16)21(10-8-2)13(3)4/h8,11-13,15,20H,2,7,9-10H2,1,3-6H3. The fourth-order valence-corrected chi connectivity index (χ4v) is 2.47. The summed E-state index contributed by atoms with van der Waals surface area (Å²) in [4.78, 5) is 2.26. The van der Waals surface area contributed by atoms with Gasteiger partial charge in [-0.05, 0) is 63.9 Å². The number of rotatable bonds is 8. The van der Waals surface area contributed by atoms with E-state index in [1.54, 1.807) is 6.07 Å². The summed E-state index contributed by atoms with van der Waals surface area (Å²) in [5.41, 5.74) is 2.80. The normalized spacial score (nSPS) is 12.5. The quantitative estimate of drug-likeness (QED) is 0.705. The van der Waals surface area contributed by atoms with E-state index in [9.17, 15) is 4.39 Å². The summed E-state index contributed by atoms with van der Waals surface area (Å²) in [6.45, 7) is 15.9. The van der Waals surface area contributed by atoms with Crippen LogP contribution in [0.3, 0.4) is 0 Å². The summed E-state index contributed by atoms with van der Waals surface area (Å²) >= 11 is 0. The second-order valence-corrected chi connectivity index (χ2v) is 5.87. The minimum atomic E-state index is -0.138. The Hall–Kier alpha value is -1.35. The summed E-state index contributed by atoms with van der Waals surface area (Å²) in [6.07, 6.45) is 2.96. The van der Waals surface area contributed by atoms with Crippen LogP contribution in [0.15, 0.2) is 24.8 Å². The van der Waals surface area contributed by atoms with Gasteiger partial charge in [0.2, 0.25) is 0 Å². The lowest BCUT2D eigenvalue weighted by Gasteiger charge is -2.32. The number of aryl methyl sites for hydroxylation is 1. The van der Waals surface area contributed by atoms with Crippen LogP contribution >= 0.6 is 0 Å². The van der Waals surface area contributed by atoms with Gasteiger partial charge in [-0.15, -0.1) is 6.58 Å². The van der Waals surface area contributed by atoms with Crippen LogP contribution in [0.2, 0.25) is 0 Å². The maximum atomic E-state index is 14.0. The molecular formula is C18H29FN2. The summed E-state index contributed by atoms with van der Waals surface area (Å²) in [5, 5.41) is 3.45. The molecule has 0 amide bonds. The Bertz CT molecular complexity index is 469. The third-order valence-electron chi connectivity index (χ3n) is 3.73. The van der Waals surface area contributed by atoms with Gasteiger partial charge in [0.25, 0.3) is 0 Å². The first-order valence-electron chi connectivity index (χ1n) is 7.83. The Morgan fingerprint density at radius 1 is 1.33 bits per heavy atom. The van der Waals surface area contributed by atoms with E-state index in [1.165, 1.54) is 0 Å². The minimum absolute atomic E-state index is 0.126. The molecule has 0 heterocycles. The summed E-state index contributed by atoms with van der Waals surface area (Å²) in [6, 6.07) is 4.10. The lowest BCUT2D eigenvalue weighted by molar-refractivity contribution is 0.557. The molecule has 0 saturated heterocycles. The van der Waals surface area contributed by atoms with E-state index in [-0.39, 0.29) is 11.9 Å². The van der Waals surface area contributed by atoms with Crippen LogP contribution in [0.1, 0.15) is 51.3 Å². The number of nitrogens with one attached hydrogen (secondary N) is 1. The number of nitrogens with zero attached hydrogens (tertiary/aromatic N) is 1. The average molecular weight is 292 g/mol. The maximum absolute atomic E-state index is 14.0. The van der Waals surface area contributed by atoms with Crippen molar-refractivity contribution < 1.29 is 4.39 Å². The molecule has 118 valence electrons. The van der Waals surface area contributed by atoms with Crippen molar-refractivity contribution in [3.63, 3.8) is 0 Å². The van der Waals surface area contributed by atoms with Gasteiger partial charge in [-0.1, -0.05) is 13.0 Å². The zero-order chi connectivity index (χ0) is 16.0. The molecule has 21 heavy (non-hydrogen) atoms. The number of benzene rings is 1. The average Bonchev–Trinajstić information content (AvgIpc) is 2.44. The SMILES string of the molecule is C=CCN(c1cc(C)c(F)cc1C(C)NCCC)C(C)C. The molecule has 0 bridgehead atoms. The molecule has 0 fully saturated rings. The van der Waals surface area contributed by atoms with E-state index in [4.69, 9.17) is 0 Å². The molecular weight excluding hydrogens is 263 g/mol. The number of anilines is 1. The topological polar surface area (TPSA) is 15.3 Å². The predicted molar refractivity (Wildman–Crippen MR) is 90.5 cm³/mol. The molecule has 0 saturated carbocycles. The molecule has 0 aromatic heterocycles. The van der Waals surface area contributed by atoms with E-state index in [2.05, 4.69) is 44.5 Å². The lowest BCUT2D eigenvalue weighted by Crippen LogP contribution is -2.33. The van der Waals surface area contributed by atoms with Crippen molar-refractivity contribution >= 4 is 5.69 Å². The van der Waals surface area contributed by atoms with Crippen LogP contribution in [0, 0.1) is 12.7 Å². The third-order valence-corrected chi connectivity index (χ3v) is 3.73. The Balaban J connectivity index is 3.26. The van der Waals surface area contributed by atoms with E-state index >= 15 is 0 Å². The highest BCUT2D eigenvalue weighted by Crippen LogP contribution is 2.30. The summed E-state index contributed by atoms with van der Waals surface area (Å²) in [5.74, 6) is -0.138. The number of hydrogen-bond donors (Lipinski definition) is 1. The van der Waals surface area contributed by atoms with E-state index in [0.29, 0.717) is 11.6 Å². The van der Waals surface area contributed by atoms with Crippen molar-refractivity contribution in [2.75, 3.05) is 18.0 Å². The molecule has 3 heteroatoms. The molecule has 1 N–H and O–H groups in total. The monoisotopic (exact) mass is 292 g/mol. The highest BCUT2D eigenvalue weighted by atomic mass is 19.1. The molecule has 1 rings (SSSR count). The molecule has 2 nitrogen and oxygen atoms in total. The molecule has 0 radical (unpaired) electrons. The van der Waals surface area contributed by atoms with Crippen LogP contribution in [0.5, 0.6) is 0 Å². The van der Waals surface area contributed by atoms with Crippen molar-refractivity contribution in [2.45, 2.75) is 53.1 Å². The molecule has 0 aliphatic heterocycles. The van der Waals surface area contributed by atoms with E-state index in [1.807, 2.05) is 19.1 Å². The second-order valence-electron chi connectivity index (χ2n) is 5.87. The van der Waals surface area contributed by atoms with Crippen molar-refractivity contribution in [3.8, 4) is 0 Å². The number of hydrogen-bond acceptors (Lipinski definition) is 2. The molecule has 1 aromatic carbocycles. The van der Waals surface area contributed by atoms with Crippen molar-refractivity contribution in [3.05, 3.63) is 41.7 Å². The van der Waals surface area contributed by atoms with Gasteiger partial charge < -0.3 is 10.2 Å². The highest BCUT2D eigenvalue weighted by molar-refractivity contribution is 5.58. The second kappa shape index (κ2) is 8.18. The van der Waals surface area contributed by atoms with Gasteiger partial charge in [-0.25, -0.2) is 4.39 Å². The summed E-state index contributed by atoms with van der Waals surface area (Å²) < 4.78 is 14.0. The third kappa shape index (κ3) is 4.57. The Labute approximate surface area is 129 Å². The van der Waals surface area contributed by atoms with Crippen LogP contribution in [-0.2, 0) is 0 Å². The fraction of sp³-hybridized carbons (Fsp3) is 0.556. The van der Waals surface area contributed by atoms with Crippen molar-refractivity contribution in [2.24, 2.45) is 0 Å². The van der Waals surface area contributed by atoms with Crippen LogP contribution in [-0.4, -0.2) is 19.1 Å². The number of halogens is 1. The highest BCUT2D eigenvalue weighted by Gasteiger charge is 2.19. The first-order valence-corrected chi connectivity index (χ1v) is 7.83. The van der Waals surface area contributed by atoms with Gasteiger partial charge in [-0.3, -0.25) is 0 Å². The van der Waals surface area contributed by atoms with Gasteiger partial charge in [0.15, 0.2) is 0 Å². The van der Waals surface area contributed by atoms with Crippen LogP contribution in [0.4, 0.5) is 10.1 Å². The predicted octanol–water partition coefficient (Wildman–Crippen LogP) is 4.60. The fourth-order valence-electron chi connectivity index (χ4n) is 2.47. The smallest absolute Gasteiger partial charge is 0.126 e. The lowest BCUT2D eigenvalue weighted by atomic mass is 10.0. The van der Waals surface area contributed by atoms with E-state index in [0.717, 1.165) is 30.8 Å². The zero-order valence-electron chi connectivity index (χ0n) is 14.0. The van der Waals surface area contributed by atoms with Gasteiger partial charge >= 0.3 is 0 Å². The van der Waals surface area contributed by atoms with Crippen molar-refractivity contribution in [1.29, 1.82) is 0 Å². The van der Waals surface area contributed by atoms with Gasteiger partial charge in [0.1, 0.15) is 5.82 Å². The zero-order valence-corrected chi connectivity index (χ0v) is 14.0. The summed E-state index contributed by atoms with van der Waals surface area (Å²) in [7, 11) is 0. The molecule has 0 aliphatic carbocycles. The van der Waals surface area contributed by atoms with Crippen LogP contribution in [0.25, 0.3) is 0 Å². The maximum Gasteiger partial charge on any atom is 0.126 e. The largest absolute Gasteiger partial charge is 0.365 e. The molecule has 0 spiro atoms. The van der Waals surface area contributed by atoms with Crippen LogP contribution < -0.4 is 10.2 Å². The first-order chi connectivity index (χ1) is 9.92. The van der Waals surface area contributed by atoms with E-state index < -0.39 is 0 Å². The molecule has 1 aromatic rings. The van der Waals surface area contributed by atoms with Gasteiger partial charge in [0, 0.05) is 24.3 Å². The minimum Gasteiger partial charge on any atom is -0.365 e.